The minimum atomic E-state index is -0.276. The molecule has 0 aliphatic heterocycles. The Morgan fingerprint density at radius 2 is 2.10 bits per heavy atom. The summed E-state index contributed by atoms with van der Waals surface area (Å²) in [6.45, 7) is 4.68. The number of unbranched alkanes of at least 4 members (excludes halogenated alkanes) is 1. The smallest absolute Gasteiger partial charge is 0.242 e. The van der Waals surface area contributed by atoms with Crippen molar-refractivity contribution in [3.8, 4) is 0 Å². The summed E-state index contributed by atoms with van der Waals surface area (Å²) < 4.78 is 0. The number of carbonyl (C=O) groups is 1. The first-order valence-electron chi connectivity index (χ1n) is 6.88. The average molecular weight is 293 g/mol. The maximum absolute atomic E-state index is 12.1. The Balaban J connectivity index is 2.81. The molecule has 1 rings (SSSR count). The largest absolute Gasteiger partial charge is 0.389 e. The highest BCUT2D eigenvalue weighted by molar-refractivity contribution is 7.80. The first-order chi connectivity index (χ1) is 9.49. The van der Waals surface area contributed by atoms with Gasteiger partial charge >= 0.3 is 0 Å². The van der Waals surface area contributed by atoms with E-state index in [2.05, 4.69) is 12.2 Å². The molecule has 1 unspecified atom stereocenters. The van der Waals surface area contributed by atoms with Gasteiger partial charge < -0.3 is 16.0 Å². The Hall–Kier alpha value is -1.62. The molecule has 4 nitrogen and oxygen atoms in total. The molecule has 1 aromatic carbocycles. The number of nitrogens with one attached hydrogen (secondary N) is 1. The van der Waals surface area contributed by atoms with E-state index in [-0.39, 0.29) is 11.9 Å². The lowest BCUT2D eigenvalue weighted by Gasteiger charge is -2.28. The Labute approximate surface area is 126 Å². The summed E-state index contributed by atoms with van der Waals surface area (Å²) in [5.74, 6) is 0.0127. The maximum Gasteiger partial charge on any atom is 0.242 e. The van der Waals surface area contributed by atoms with E-state index in [0.29, 0.717) is 11.5 Å². The number of hydrogen-bond donors (Lipinski definition) is 2. The fourth-order valence-electron chi connectivity index (χ4n) is 1.91. The van der Waals surface area contributed by atoms with E-state index >= 15 is 0 Å². The lowest BCUT2D eigenvalue weighted by molar-refractivity contribution is -0.122. The number of anilines is 1. The van der Waals surface area contributed by atoms with Gasteiger partial charge in [-0.3, -0.25) is 4.79 Å². The normalized spacial score (nSPS) is 11.8. The summed E-state index contributed by atoms with van der Waals surface area (Å²) in [6.07, 6.45) is 2.06. The van der Waals surface area contributed by atoms with Gasteiger partial charge in [-0.25, -0.2) is 0 Å². The molecule has 0 fully saturated rings. The van der Waals surface area contributed by atoms with Crippen molar-refractivity contribution in [1.82, 2.24) is 5.32 Å². The van der Waals surface area contributed by atoms with Crippen LogP contribution in [0.2, 0.25) is 0 Å². The molecule has 0 spiro atoms. The molecule has 0 radical (unpaired) electrons. The predicted octanol–water partition coefficient (Wildman–Crippen LogP) is 2.06. The van der Waals surface area contributed by atoms with Crippen LogP contribution in [0.1, 0.15) is 32.3 Å². The van der Waals surface area contributed by atoms with E-state index in [1.165, 1.54) is 0 Å². The van der Waals surface area contributed by atoms with Crippen LogP contribution in [0.15, 0.2) is 24.3 Å². The number of hydrogen-bond acceptors (Lipinski definition) is 3. The van der Waals surface area contributed by atoms with Crippen molar-refractivity contribution in [2.24, 2.45) is 5.73 Å². The summed E-state index contributed by atoms with van der Waals surface area (Å²) >= 11 is 5.06. The highest BCUT2D eigenvalue weighted by atomic mass is 32.1. The van der Waals surface area contributed by atoms with Gasteiger partial charge in [0.1, 0.15) is 11.0 Å². The molecule has 5 heteroatoms. The summed E-state index contributed by atoms with van der Waals surface area (Å²) in [5.41, 5.74) is 7.39. The van der Waals surface area contributed by atoms with Crippen molar-refractivity contribution < 1.29 is 4.79 Å². The van der Waals surface area contributed by atoms with Crippen molar-refractivity contribution in [3.05, 3.63) is 29.8 Å². The SMILES string of the molecule is CCCCNC(=O)C(C)N(C)c1ccccc1C(N)=S. The summed E-state index contributed by atoms with van der Waals surface area (Å²) in [4.78, 5) is 14.3. The molecule has 1 atom stereocenters. The third-order valence-corrected chi connectivity index (χ3v) is 3.56. The number of thiocarbonyl (C=S) groups is 1. The molecule has 0 heterocycles. The summed E-state index contributed by atoms with van der Waals surface area (Å²) in [5, 5.41) is 2.94. The molecule has 0 saturated carbocycles. The van der Waals surface area contributed by atoms with Crippen molar-refractivity contribution >= 4 is 28.8 Å². The standard InChI is InChI=1S/C15H23N3OS/c1-4-5-10-17-15(19)11(2)18(3)13-9-7-6-8-12(13)14(16)20/h6-9,11H,4-5,10H2,1-3H3,(H2,16,20)(H,17,19). The van der Waals surface area contributed by atoms with Crippen LogP contribution in [0, 0.1) is 0 Å². The summed E-state index contributed by atoms with van der Waals surface area (Å²) in [6, 6.07) is 7.32. The summed E-state index contributed by atoms with van der Waals surface area (Å²) in [7, 11) is 1.88. The molecular formula is C15H23N3OS. The van der Waals surface area contributed by atoms with Crippen LogP contribution in [0.25, 0.3) is 0 Å². The van der Waals surface area contributed by atoms with Gasteiger partial charge in [-0.2, -0.15) is 0 Å². The van der Waals surface area contributed by atoms with E-state index in [1.54, 1.807) is 0 Å². The number of rotatable bonds is 7. The second kappa shape index (κ2) is 7.85. The highest BCUT2D eigenvalue weighted by Crippen LogP contribution is 2.21. The molecule has 3 N–H and O–H groups in total. The highest BCUT2D eigenvalue weighted by Gasteiger charge is 2.20. The number of likely N-dealkylation sites (N-methyl/N-ethyl adjacent to an activating group) is 1. The molecule has 0 aliphatic carbocycles. The van der Waals surface area contributed by atoms with Crippen LogP contribution in [-0.2, 0) is 4.79 Å². The first-order valence-corrected chi connectivity index (χ1v) is 7.29. The zero-order valence-electron chi connectivity index (χ0n) is 12.3. The monoisotopic (exact) mass is 293 g/mol. The lowest BCUT2D eigenvalue weighted by atomic mass is 10.1. The first kappa shape index (κ1) is 16.4. The average Bonchev–Trinajstić information content (AvgIpc) is 2.45. The Morgan fingerprint density at radius 3 is 2.70 bits per heavy atom. The van der Waals surface area contributed by atoms with Gasteiger partial charge in [0, 0.05) is 24.8 Å². The van der Waals surface area contributed by atoms with Crippen molar-refractivity contribution in [1.29, 1.82) is 0 Å². The fraction of sp³-hybridized carbons (Fsp3) is 0.467. The number of amides is 1. The number of nitrogens with two attached hydrogens (primary N) is 1. The van der Waals surface area contributed by atoms with Crippen LogP contribution in [0.4, 0.5) is 5.69 Å². The second-order valence-electron chi connectivity index (χ2n) is 4.81. The predicted molar refractivity (Wildman–Crippen MR) is 88.1 cm³/mol. The van der Waals surface area contributed by atoms with Gasteiger partial charge in [0.05, 0.1) is 0 Å². The topological polar surface area (TPSA) is 58.4 Å². The van der Waals surface area contributed by atoms with Crippen molar-refractivity contribution in [2.75, 3.05) is 18.5 Å². The van der Waals surface area contributed by atoms with Crippen LogP contribution >= 0.6 is 12.2 Å². The maximum atomic E-state index is 12.1. The van der Waals surface area contributed by atoms with E-state index in [0.717, 1.165) is 24.1 Å². The van der Waals surface area contributed by atoms with Crippen LogP contribution < -0.4 is 16.0 Å². The van der Waals surface area contributed by atoms with Gasteiger partial charge in [0.2, 0.25) is 5.91 Å². The molecule has 1 amide bonds. The molecule has 20 heavy (non-hydrogen) atoms. The second-order valence-corrected chi connectivity index (χ2v) is 5.25. The van der Waals surface area contributed by atoms with Gasteiger partial charge in [0.15, 0.2) is 0 Å². The third-order valence-electron chi connectivity index (χ3n) is 3.34. The number of para-hydroxylation sites is 1. The molecule has 1 aromatic rings. The van der Waals surface area contributed by atoms with Gasteiger partial charge in [-0.15, -0.1) is 0 Å². The molecular weight excluding hydrogens is 270 g/mol. The molecule has 0 aliphatic rings. The van der Waals surface area contributed by atoms with Gasteiger partial charge in [0.25, 0.3) is 0 Å². The fourth-order valence-corrected chi connectivity index (χ4v) is 2.08. The molecule has 110 valence electrons. The van der Waals surface area contributed by atoms with E-state index in [4.69, 9.17) is 18.0 Å². The van der Waals surface area contributed by atoms with E-state index in [1.807, 2.05) is 43.1 Å². The molecule has 0 aromatic heterocycles. The van der Waals surface area contributed by atoms with Crippen molar-refractivity contribution in [2.45, 2.75) is 32.7 Å². The quantitative estimate of drug-likeness (QED) is 0.597. The van der Waals surface area contributed by atoms with Crippen molar-refractivity contribution in [3.63, 3.8) is 0 Å². The lowest BCUT2D eigenvalue weighted by Crippen LogP contribution is -2.44. The van der Waals surface area contributed by atoms with Crippen LogP contribution in [0.3, 0.4) is 0 Å². The number of carbonyl (C=O) groups excluding carboxylic acids is 1. The minimum absolute atomic E-state index is 0.0127. The van der Waals surface area contributed by atoms with Gasteiger partial charge in [-0.05, 0) is 25.5 Å². The van der Waals surface area contributed by atoms with E-state index in [9.17, 15) is 4.79 Å². The zero-order chi connectivity index (χ0) is 15.1. The molecule has 0 bridgehead atoms. The van der Waals surface area contributed by atoms with Crippen LogP contribution in [-0.4, -0.2) is 30.5 Å². The Morgan fingerprint density at radius 1 is 1.45 bits per heavy atom. The Kier molecular flexibility index (Phi) is 6.45. The van der Waals surface area contributed by atoms with Gasteiger partial charge in [-0.1, -0.05) is 37.7 Å². The zero-order valence-corrected chi connectivity index (χ0v) is 13.2. The van der Waals surface area contributed by atoms with E-state index < -0.39 is 0 Å². The molecule has 0 saturated heterocycles. The number of benzene rings is 1. The number of nitrogens with zero attached hydrogens (tertiary/aromatic N) is 1. The Bertz CT molecular complexity index is 476. The van der Waals surface area contributed by atoms with Crippen LogP contribution in [0.5, 0.6) is 0 Å². The minimum Gasteiger partial charge on any atom is -0.389 e. The third kappa shape index (κ3) is 4.20.